The molecule has 0 aliphatic carbocycles. The number of nitrogens with zero attached hydrogens (tertiary/aromatic N) is 4. The Labute approximate surface area is 111 Å². The van der Waals surface area contributed by atoms with Gasteiger partial charge in [0.25, 0.3) is 0 Å². The van der Waals surface area contributed by atoms with Gasteiger partial charge >= 0.3 is 0 Å². The standard InChI is InChI=1S/C14H15N5/c1-9-10(2)19(7-11-3-5-16-6-4-11)14-12(9)13(15)17-8-18-14/h3-6,8H,7H2,1-2H3,(H2,15,17,18). The van der Waals surface area contributed by atoms with Crippen molar-refractivity contribution in [1.82, 2.24) is 19.5 Å². The van der Waals surface area contributed by atoms with Crippen molar-refractivity contribution in [2.24, 2.45) is 0 Å². The molecule has 3 aromatic rings. The molecule has 2 N–H and O–H groups in total. The molecule has 5 heteroatoms. The van der Waals surface area contributed by atoms with Gasteiger partial charge in [0.2, 0.25) is 0 Å². The predicted octanol–water partition coefficient (Wildman–Crippen LogP) is 2.07. The van der Waals surface area contributed by atoms with Crippen LogP contribution in [0.5, 0.6) is 0 Å². The third-order valence-corrected chi connectivity index (χ3v) is 3.52. The van der Waals surface area contributed by atoms with Gasteiger partial charge in [-0.3, -0.25) is 4.98 Å². The van der Waals surface area contributed by atoms with E-state index in [1.165, 1.54) is 17.6 Å². The van der Waals surface area contributed by atoms with Gasteiger partial charge in [0.05, 0.1) is 5.39 Å². The van der Waals surface area contributed by atoms with Gasteiger partial charge in [0.1, 0.15) is 17.8 Å². The second-order valence-electron chi connectivity index (χ2n) is 4.61. The van der Waals surface area contributed by atoms with Gasteiger partial charge < -0.3 is 10.3 Å². The first-order valence-corrected chi connectivity index (χ1v) is 6.13. The summed E-state index contributed by atoms with van der Waals surface area (Å²) in [5.41, 5.74) is 10.3. The van der Waals surface area contributed by atoms with Crippen molar-refractivity contribution in [2.45, 2.75) is 20.4 Å². The first-order valence-electron chi connectivity index (χ1n) is 6.13. The molecule has 0 saturated heterocycles. The number of pyridine rings is 1. The number of anilines is 1. The summed E-state index contributed by atoms with van der Waals surface area (Å²) in [6.45, 7) is 4.90. The van der Waals surface area contributed by atoms with E-state index in [9.17, 15) is 0 Å². The molecule has 0 radical (unpaired) electrons. The molecule has 5 nitrogen and oxygen atoms in total. The molecule has 3 aromatic heterocycles. The molecule has 3 heterocycles. The fraction of sp³-hybridized carbons (Fsp3) is 0.214. The number of nitrogens with two attached hydrogens (primary N) is 1. The molecule has 0 fully saturated rings. The molecule has 3 rings (SSSR count). The minimum Gasteiger partial charge on any atom is -0.383 e. The Morgan fingerprint density at radius 2 is 1.89 bits per heavy atom. The van der Waals surface area contributed by atoms with Crippen LogP contribution in [-0.4, -0.2) is 19.5 Å². The van der Waals surface area contributed by atoms with Crippen molar-refractivity contribution in [2.75, 3.05) is 5.73 Å². The highest BCUT2D eigenvalue weighted by molar-refractivity contribution is 5.90. The molecule has 0 aliphatic heterocycles. The third kappa shape index (κ3) is 1.83. The van der Waals surface area contributed by atoms with E-state index >= 15 is 0 Å². The van der Waals surface area contributed by atoms with Crippen LogP contribution in [0.25, 0.3) is 11.0 Å². The zero-order valence-corrected chi connectivity index (χ0v) is 11.0. The maximum atomic E-state index is 5.96. The van der Waals surface area contributed by atoms with E-state index in [0.717, 1.165) is 23.1 Å². The zero-order valence-electron chi connectivity index (χ0n) is 11.0. The van der Waals surface area contributed by atoms with Gasteiger partial charge in [0, 0.05) is 24.6 Å². The van der Waals surface area contributed by atoms with E-state index in [0.29, 0.717) is 5.82 Å². The summed E-state index contributed by atoms with van der Waals surface area (Å²) in [5.74, 6) is 0.541. The van der Waals surface area contributed by atoms with Gasteiger partial charge in [-0.2, -0.15) is 0 Å². The molecular weight excluding hydrogens is 238 g/mol. The number of aromatic nitrogens is 4. The van der Waals surface area contributed by atoms with Crippen LogP contribution in [-0.2, 0) is 6.54 Å². The van der Waals surface area contributed by atoms with Crippen molar-refractivity contribution in [1.29, 1.82) is 0 Å². The van der Waals surface area contributed by atoms with E-state index < -0.39 is 0 Å². The SMILES string of the molecule is Cc1c(C)n(Cc2ccncc2)c2ncnc(N)c12. The first kappa shape index (κ1) is 11.6. The number of hydrogen-bond acceptors (Lipinski definition) is 4. The highest BCUT2D eigenvalue weighted by Crippen LogP contribution is 2.27. The first-order chi connectivity index (χ1) is 9.18. The molecule has 0 atom stereocenters. The van der Waals surface area contributed by atoms with Crippen LogP contribution >= 0.6 is 0 Å². The number of aryl methyl sites for hydroxylation is 1. The Hall–Kier alpha value is -2.43. The van der Waals surface area contributed by atoms with Crippen LogP contribution in [0.1, 0.15) is 16.8 Å². The van der Waals surface area contributed by atoms with Gasteiger partial charge in [-0.25, -0.2) is 9.97 Å². The van der Waals surface area contributed by atoms with E-state index in [4.69, 9.17) is 5.73 Å². The van der Waals surface area contributed by atoms with Crippen LogP contribution in [0.4, 0.5) is 5.82 Å². The fourth-order valence-electron chi connectivity index (χ4n) is 2.36. The van der Waals surface area contributed by atoms with Gasteiger partial charge in [-0.05, 0) is 37.1 Å². The summed E-state index contributed by atoms with van der Waals surface area (Å²) in [7, 11) is 0. The summed E-state index contributed by atoms with van der Waals surface area (Å²) >= 11 is 0. The predicted molar refractivity (Wildman–Crippen MR) is 74.8 cm³/mol. The lowest BCUT2D eigenvalue weighted by molar-refractivity contribution is 0.788. The topological polar surface area (TPSA) is 69.6 Å². The van der Waals surface area contributed by atoms with E-state index in [1.807, 2.05) is 12.1 Å². The molecule has 0 amide bonds. The van der Waals surface area contributed by atoms with E-state index in [-0.39, 0.29) is 0 Å². The number of fused-ring (bicyclic) bond motifs is 1. The third-order valence-electron chi connectivity index (χ3n) is 3.52. The number of hydrogen-bond donors (Lipinski definition) is 1. The second-order valence-corrected chi connectivity index (χ2v) is 4.61. The minimum absolute atomic E-state index is 0.541. The van der Waals surface area contributed by atoms with Crippen molar-refractivity contribution >= 4 is 16.9 Å². The molecular formula is C14H15N5. The summed E-state index contributed by atoms with van der Waals surface area (Å²) < 4.78 is 2.16. The van der Waals surface area contributed by atoms with Crippen molar-refractivity contribution in [3.63, 3.8) is 0 Å². The molecule has 96 valence electrons. The van der Waals surface area contributed by atoms with Gasteiger partial charge in [0.15, 0.2) is 0 Å². The Morgan fingerprint density at radius 1 is 1.16 bits per heavy atom. The quantitative estimate of drug-likeness (QED) is 0.759. The molecule has 0 unspecified atom stereocenters. The van der Waals surface area contributed by atoms with E-state index in [1.54, 1.807) is 12.4 Å². The summed E-state index contributed by atoms with van der Waals surface area (Å²) in [6.07, 6.45) is 5.11. The fourth-order valence-corrected chi connectivity index (χ4v) is 2.36. The molecule has 0 aromatic carbocycles. The van der Waals surface area contributed by atoms with Gasteiger partial charge in [-0.1, -0.05) is 0 Å². The highest BCUT2D eigenvalue weighted by Gasteiger charge is 2.14. The highest BCUT2D eigenvalue weighted by atomic mass is 15.1. The van der Waals surface area contributed by atoms with Gasteiger partial charge in [-0.15, -0.1) is 0 Å². The number of rotatable bonds is 2. The smallest absolute Gasteiger partial charge is 0.146 e. The monoisotopic (exact) mass is 253 g/mol. The molecule has 0 spiro atoms. The maximum absolute atomic E-state index is 5.96. The Morgan fingerprint density at radius 3 is 2.63 bits per heavy atom. The second kappa shape index (κ2) is 4.35. The zero-order chi connectivity index (χ0) is 13.4. The Bertz CT molecular complexity index is 730. The Kier molecular flexibility index (Phi) is 2.67. The molecule has 0 aliphatic rings. The normalized spacial score (nSPS) is 11.1. The lowest BCUT2D eigenvalue weighted by Gasteiger charge is -2.07. The van der Waals surface area contributed by atoms with Crippen LogP contribution < -0.4 is 5.73 Å². The average Bonchev–Trinajstić information content (AvgIpc) is 2.66. The lowest BCUT2D eigenvalue weighted by atomic mass is 10.2. The Balaban J connectivity index is 2.19. The molecule has 0 saturated carbocycles. The number of nitrogen functional groups attached to an aromatic ring is 1. The van der Waals surface area contributed by atoms with Crippen LogP contribution in [0.15, 0.2) is 30.9 Å². The average molecular weight is 253 g/mol. The minimum atomic E-state index is 0.541. The van der Waals surface area contributed by atoms with Crippen LogP contribution in [0, 0.1) is 13.8 Å². The summed E-state index contributed by atoms with van der Waals surface area (Å²) in [4.78, 5) is 12.5. The molecule has 0 bridgehead atoms. The van der Waals surface area contributed by atoms with Crippen LogP contribution in [0.2, 0.25) is 0 Å². The van der Waals surface area contributed by atoms with Crippen molar-refractivity contribution in [3.8, 4) is 0 Å². The maximum Gasteiger partial charge on any atom is 0.146 e. The largest absolute Gasteiger partial charge is 0.383 e. The van der Waals surface area contributed by atoms with Crippen molar-refractivity contribution in [3.05, 3.63) is 47.7 Å². The molecule has 19 heavy (non-hydrogen) atoms. The van der Waals surface area contributed by atoms with Crippen molar-refractivity contribution < 1.29 is 0 Å². The van der Waals surface area contributed by atoms with Crippen LogP contribution in [0.3, 0.4) is 0 Å². The lowest BCUT2D eigenvalue weighted by Crippen LogP contribution is -2.03. The summed E-state index contributed by atoms with van der Waals surface area (Å²) in [6, 6.07) is 4.01. The van der Waals surface area contributed by atoms with E-state index in [2.05, 4.69) is 33.4 Å². The summed E-state index contributed by atoms with van der Waals surface area (Å²) in [5, 5.41) is 0.953.